The van der Waals surface area contributed by atoms with Crippen LogP contribution in [-0.4, -0.2) is 24.3 Å². The average molecular weight is 398 g/mol. The van der Waals surface area contributed by atoms with E-state index in [0.29, 0.717) is 23.5 Å². The van der Waals surface area contributed by atoms with Crippen LogP contribution in [0.3, 0.4) is 0 Å². The molecule has 6 aliphatic rings. The van der Waals surface area contributed by atoms with Crippen molar-refractivity contribution in [3.8, 4) is 0 Å². The van der Waals surface area contributed by atoms with Crippen molar-refractivity contribution in [3.63, 3.8) is 0 Å². The summed E-state index contributed by atoms with van der Waals surface area (Å²) in [6.45, 7) is 8.89. The summed E-state index contributed by atoms with van der Waals surface area (Å²) < 4.78 is 6.97. The van der Waals surface area contributed by atoms with Gasteiger partial charge >= 0.3 is 0 Å². The number of piperidine rings is 1. The van der Waals surface area contributed by atoms with Gasteiger partial charge in [0.05, 0.1) is 11.7 Å². The third kappa shape index (κ3) is 2.73. The molecule has 2 saturated heterocycles. The molecule has 4 aliphatic carbocycles. The lowest BCUT2D eigenvalue weighted by molar-refractivity contribution is -0.0707. The highest BCUT2D eigenvalue weighted by Crippen LogP contribution is 2.65. The van der Waals surface area contributed by atoms with E-state index in [-0.39, 0.29) is 5.60 Å². The van der Waals surface area contributed by atoms with E-state index in [1.165, 1.54) is 83.6 Å². The Morgan fingerprint density at radius 2 is 1.90 bits per heavy atom. The highest BCUT2D eigenvalue weighted by atomic mass is 16.5. The molecule has 0 aromatic rings. The summed E-state index contributed by atoms with van der Waals surface area (Å²) in [7, 11) is 0. The normalized spacial score (nSPS) is 54.5. The number of allylic oxidation sites excluding steroid dienone is 1. The predicted octanol–water partition coefficient (Wildman–Crippen LogP) is 6.26. The molecule has 2 heterocycles. The largest absolute Gasteiger partial charge is 0.369 e. The molecule has 162 valence electrons. The maximum absolute atomic E-state index is 6.97. The van der Waals surface area contributed by atoms with Crippen LogP contribution in [0.1, 0.15) is 97.8 Å². The summed E-state index contributed by atoms with van der Waals surface area (Å²) in [5, 5.41) is 3.83. The zero-order chi connectivity index (χ0) is 19.8. The number of ether oxygens (including phenoxy) is 1. The van der Waals surface area contributed by atoms with Gasteiger partial charge in [0.2, 0.25) is 0 Å². The minimum absolute atomic E-state index is 0.121. The van der Waals surface area contributed by atoms with E-state index < -0.39 is 0 Å². The lowest BCUT2D eigenvalue weighted by Crippen LogP contribution is -2.46. The summed E-state index contributed by atoms with van der Waals surface area (Å²) in [6.07, 6.45) is 17.4. The quantitative estimate of drug-likeness (QED) is 0.487. The first-order valence-electron chi connectivity index (χ1n) is 13.1. The Morgan fingerprint density at radius 1 is 1.00 bits per heavy atom. The molecule has 0 aromatic carbocycles. The molecule has 5 fully saturated rings. The maximum atomic E-state index is 6.97. The van der Waals surface area contributed by atoms with Crippen LogP contribution in [0.25, 0.3) is 0 Å². The van der Waals surface area contributed by atoms with Gasteiger partial charge in [-0.15, -0.1) is 0 Å². The molecule has 2 heteroatoms. The van der Waals surface area contributed by atoms with Crippen LogP contribution in [0.4, 0.5) is 0 Å². The lowest BCUT2D eigenvalue weighted by atomic mass is 9.52. The topological polar surface area (TPSA) is 21.3 Å². The maximum Gasteiger partial charge on any atom is 0.0765 e. The van der Waals surface area contributed by atoms with E-state index in [1.54, 1.807) is 5.57 Å². The first-order chi connectivity index (χ1) is 14.0. The Balaban J connectivity index is 1.30. The summed E-state index contributed by atoms with van der Waals surface area (Å²) in [5.74, 6) is 4.53. The zero-order valence-corrected chi connectivity index (χ0v) is 19.1. The number of hydrogen-bond donors (Lipinski definition) is 1. The molecular weight excluding hydrogens is 354 g/mol. The molecule has 0 bridgehead atoms. The smallest absolute Gasteiger partial charge is 0.0765 e. The van der Waals surface area contributed by atoms with Gasteiger partial charge in [-0.05, 0) is 107 Å². The van der Waals surface area contributed by atoms with E-state index in [2.05, 4.69) is 26.1 Å². The minimum atomic E-state index is 0.121. The van der Waals surface area contributed by atoms with E-state index >= 15 is 0 Å². The van der Waals surface area contributed by atoms with Gasteiger partial charge in [0.1, 0.15) is 0 Å². The van der Waals surface area contributed by atoms with E-state index in [0.717, 1.165) is 23.7 Å². The molecule has 9 unspecified atom stereocenters. The fourth-order valence-corrected chi connectivity index (χ4v) is 9.66. The van der Waals surface area contributed by atoms with Crippen LogP contribution in [0.5, 0.6) is 0 Å². The highest BCUT2D eigenvalue weighted by Gasteiger charge is 2.58. The summed E-state index contributed by atoms with van der Waals surface area (Å²) in [6, 6.07) is 0.601. The summed E-state index contributed by atoms with van der Waals surface area (Å²) in [4.78, 5) is 0. The average Bonchev–Trinajstić information content (AvgIpc) is 3.19. The van der Waals surface area contributed by atoms with Crippen LogP contribution >= 0.6 is 0 Å². The molecule has 3 saturated carbocycles. The van der Waals surface area contributed by atoms with Crippen LogP contribution in [-0.2, 0) is 4.74 Å². The molecule has 0 radical (unpaired) electrons. The van der Waals surface area contributed by atoms with E-state index in [4.69, 9.17) is 4.74 Å². The van der Waals surface area contributed by atoms with Gasteiger partial charge in [-0.25, -0.2) is 0 Å². The summed E-state index contributed by atoms with van der Waals surface area (Å²) in [5.41, 5.74) is 4.41. The van der Waals surface area contributed by atoms with Gasteiger partial charge in [-0.3, -0.25) is 0 Å². The molecule has 1 spiro atoms. The fourth-order valence-electron chi connectivity index (χ4n) is 9.66. The van der Waals surface area contributed by atoms with Crippen molar-refractivity contribution in [1.82, 2.24) is 5.32 Å². The number of nitrogens with one attached hydrogen (secondary N) is 1. The van der Waals surface area contributed by atoms with Crippen molar-refractivity contribution in [2.24, 2.45) is 35.0 Å². The molecular formula is C27H43NO. The monoisotopic (exact) mass is 397 g/mol. The Bertz CT molecular complexity index is 699. The van der Waals surface area contributed by atoms with Crippen molar-refractivity contribution in [3.05, 3.63) is 11.1 Å². The summed E-state index contributed by atoms with van der Waals surface area (Å²) >= 11 is 0. The van der Waals surface area contributed by atoms with E-state index in [9.17, 15) is 0 Å². The van der Waals surface area contributed by atoms with Crippen LogP contribution in [0.15, 0.2) is 11.1 Å². The Hall–Kier alpha value is -0.340. The Morgan fingerprint density at radius 3 is 2.76 bits per heavy atom. The van der Waals surface area contributed by atoms with Crippen LogP contribution in [0.2, 0.25) is 0 Å². The first-order valence-corrected chi connectivity index (χ1v) is 13.1. The molecule has 0 amide bonds. The zero-order valence-electron chi connectivity index (χ0n) is 19.1. The third-order valence-electron chi connectivity index (χ3n) is 11.3. The molecule has 2 nitrogen and oxygen atoms in total. The van der Waals surface area contributed by atoms with Gasteiger partial charge in [0.15, 0.2) is 0 Å². The minimum Gasteiger partial charge on any atom is -0.369 e. The molecule has 0 aromatic heterocycles. The van der Waals surface area contributed by atoms with Gasteiger partial charge in [-0.1, -0.05) is 37.8 Å². The second kappa shape index (κ2) is 6.83. The van der Waals surface area contributed by atoms with Gasteiger partial charge in [0, 0.05) is 12.0 Å². The van der Waals surface area contributed by atoms with Crippen molar-refractivity contribution in [2.45, 2.75) is 116 Å². The predicted molar refractivity (Wildman–Crippen MR) is 119 cm³/mol. The number of rotatable bonds is 0. The highest BCUT2D eigenvalue weighted by molar-refractivity contribution is 5.29. The standard InChI is InChI=1S/C27H43NO/c1-17-16-27(18(2)25-24(29-27)8-6-14-28-25)13-11-20-21-10-9-19-7-4-5-12-26(19,3)23(21)15-22(17)20/h18-21,23-25,28H,4-16H2,1-3H3. The first kappa shape index (κ1) is 19.4. The second-order valence-corrected chi connectivity index (χ2v) is 12.3. The SMILES string of the molecule is CC1=C2CC3C(CCC4CCCCC43C)C2CCC2(C1)OC1CCCNC1C2C. The van der Waals surface area contributed by atoms with Crippen LogP contribution in [0, 0.1) is 35.0 Å². The molecule has 9 atom stereocenters. The Labute approximate surface area is 178 Å². The molecule has 1 N–H and O–H groups in total. The fraction of sp³-hybridized carbons (Fsp3) is 0.926. The van der Waals surface area contributed by atoms with Gasteiger partial charge in [-0.2, -0.15) is 0 Å². The number of hydrogen-bond acceptors (Lipinski definition) is 2. The van der Waals surface area contributed by atoms with Crippen molar-refractivity contribution >= 4 is 0 Å². The number of fused-ring (bicyclic) bond motifs is 6. The van der Waals surface area contributed by atoms with Gasteiger partial charge < -0.3 is 10.1 Å². The second-order valence-electron chi connectivity index (χ2n) is 12.3. The van der Waals surface area contributed by atoms with Crippen molar-refractivity contribution in [2.75, 3.05) is 6.54 Å². The van der Waals surface area contributed by atoms with E-state index in [1.807, 2.05) is 5.57 Å². The molecule has 6 rings (SSSR count). The lowest BCUT2D eigenvalue weighted by Gasteiger charge is -2.52. The third-order valence-corrected chi connectivity index (χ3v) is 11.3. The molecule has 2 aliphatic heterocycles. The van der Waals surface area contributed by atoms with Gasteiger partial charge in [0.25, 0.3) is 0 Å². The van der Waals surface area contributed by atoms with Crippen molar-refractivity contribution in [1.29, 1.82) is 0 Å². The molecule has 29 heavy (non-hydrogen) atoms. The Kier molecular flexibility index (Phi) is 4.56. The van der Waals surface area contributed by atoms with Crippen molar-refractivity contribution < 1.29 is 4.74 Å². The van der Waals surface area contributed by atoms with Crippen LogP contribution < -0.4 is 5.32 Å².